The fourth-order valence-electron chi connectivity index (χ4n) is 3.65. The van der Waals surface area contributed by atoms with Crippen LogP contribution in [0.15, 0.2) is 36.4 Å². The molecule has 1 N–H and O–H groups in total. The van der Waals surface area contributed by atoms with E-state index in [1.54, 1.807) is 30.2 Å². The molecule has 3 rings (SSSR count). The summed E-state index contributed by atoms with van der Waals surface area (Å²) >= 11 is 6.07. The van der Waals surface area contributed by atoms with Crippen LogP contribution >= 0.6 is 11.6 Å². The molecule has 1 aliphatic rings. The van der Waals surface area contributed by atoms with E-state index in [0.717, 1.165) is 0 Å². The summed E-state index contributed by atoms with van der Waals surface area (Å²) in [5.41, 5.74) is -0.155. The number of nitrogens with one attached hydrogen (secondary N) is 1. The highest BCUT2D eigenvalue weighted by Gasteiger charge is 2.28. The van der Waals surface area contributed by atoms with Crippen molar-refractivity contribution in [3.8, 4) is 11.5 Å². The number of halogens is 2. The Morgan fingerprint density at radius 3 is 2.45 bits per heavy atom. The third kappa shape index (κ3) is 9.04. The molecule has 0 radical (unpaired) electrons. The smallest absolute Gasteiger partial charge is 0.410 e. The normalized spacial score (nSPS) is 14.2. The summed E-state index contributed by atoms with van der Waals surface area (Å²) < 4.78 is 41.8. The standard InChI is InChI=1S/C27H34ClFN2O7/c1-27(2,3)38-26(33)31-11-9-20(10-12-31)37-24-8-6-19(16-22(24)29)30-25(32)21-15-18(28)5-7-23(21)36-17-35-14-13-34-4/h5-8,15-16,20H,9-14,17H2,1-4H3,(H,30,32). The molecule has 0 aromatic heterocycles. The molecule has 2 aromatic carbocycles. The van der Waals surface area contributed by atoms with Crippen LogP contribution in [0.2, 0.25) is 5.02 Å². The SMILES string of the molecule is COCCOCOc1ccc(Cl)cc1C(=O)Nc1ccc(OC2CCN(C(=O)OC(C)(C)C)CC2)c(F)c1. The molecule has 0 spiro atoms. The number of rotatable bonds is 10. The zero-order valence-corrected chi connectivity index (χ0v) is 22.8. The number of ether oxygens (including phenoxy) is 5. The molecule has 0 unspecified atom stereocenters. The number of anilines is 1. The molecule has 0 aliphatic carbocycles. The van der Waals surface area contributed by atoms with Crippen molar-refractivity contribution in [2.24, 2.45) is 0 Å². The Labute approximate surface area is 227 Å². The summed E-state index contributed by atoms with van der Waals surface area (Å²) in [4.78, 5) is 26.8. The van der Waals surface area contributed by atoms with Gasteiger partial charge >= 0.3 is 6.09 Å². The van der Waals surface area contributed by atoms with Crippen molar-refractivity contribution >= 4 is 29.3 Å². The van der Waals surface area contributed by atoms with Crippen molar-refractivity contribution in [2.45, 2.75) is 45.3 Å². The highest BCUT2D eigenvalue weighted by atomic mass is 35.5. The van der Waals surface area contributed by atoms with E-state index < -0.39 is 17.3 Å². The molecule has 38 heavy (non-hydrogen) atoms. The quantitative estimate of drug-likeness (QED) is 0.307. The molecular weight excluding hydrogens is 519 g/mol. The number of likely N-dealkylation sites (tertiary alicyclic amines) is 1. The second-order valence-electron chi connectivity index (χ2n) is 9.69. The average molecular weight is 553 g/mol. The van der Waals surface area contributed by atoms with Crippen LogP contribution in [-0.4, -0.2) is 68.8 Å². The maximum Gasteiger partial charge on any atom is 0.410 e. The topological polar surface area (TPSA) is 95.6 Å². The summed E-state index contributed by atoms with van der Waals surface area (Å²) in [6.07, 6.45) is 0.475. The van der Waals surface area contributed by atoms with Gasteiger partial charge in [0.25, 0.3) is 5.91 Å². The third-order valence-electron chi connectivity index (χ3n) is 5.49. The fraction of sp³-hybridized carbons (Fsp3) is 0.481. The Kier molecular flexibility index (Phi) is 10.6. The molecule has 0 atom stereocenters. The van der Waals surface area contributed by atoms with Gasteiger partial charge < -0.3 is 33.9 Å². The van der Waals surface area contributed by atoms with Crippen molar-refractivity contribution in [2.75, 3.05) is 45.5 Å². The summed E-state index contributed by atoms with van der Waals surface area (Å²) in [5.74, 6) is -0.811. The Hall–Kier alpha value is -3.08. The van der Waals surface area contributed by atoms with Crippen LogP contribution in [0, 0.1) is 5.82 Å². The minimum Gasteiger partial charge on any atom is -0.487 e. The highest BCUT2D eigenvalue weighted by Crippen LogP contribution is 2.28. The zero-order chi connectivity index (χ0) is 27.7. The number of piperidine rings is 1. The van der Waals surface area contributed by atoms with E-state index in [4.69, 9.17) is 35.3 Å². The molecular formula is C27H34ClFN2O7. The summed E-state index contributed by atoms with van der Waals surface area (Å²) in [6.45, 7) is 7.03. The van der Waals surface area contributed by atoms with Gasteiger partial charge in [0.05, 0.1) is 18.8 Å². The van der Waals surface area contributed by atoms with Gasteiger partial charge in [0.15, 0.2) is 18.4 Å². The Morgan fingerprint density at radius 2 is 1.79 bits per heavy atom. The van der Waals surface area contributed by atoms with Crippen LogP contribution in [0.4, 0.5) is 14.9 Å². The van der Waals surface area contributed by atoms with Gasteiger partial charge in [-0.2, -0.15) is 0 Å². The number of carbonyl (C=O) groups excluding carboxylic acids is 2. The lowest BCUT2D eigenvalue weighted by molar-refractivity contribution is -0.00873. The Bertz CT molecular complexity index is 1100. The number of methoxy groups -OCH3 is 1. The second kappa shape index (κ2) is 13.6. The molecule has 208 valence electrons. The molecule has 1 heterocycles. The van der Waals surface area contributed by atoms with E-state index in [1.165, 1.54) is 18.2 Å². The number of nitrogens with zero attached hydrogens (tertiary/aromatic N) is 1. The van der Waals surface area contributed by atoms with E-state index in [1.807, 2.05) is 20.8 Å². The minimum absolute atomic E-state index is 0.0682. The monoisotopic (exact) mass is 552 g/mol. The first kappa shape index (κ1) is 29.5. The average Bonchev–Trinajstić information content (AvgIpc) is 2.85. The van der Waals surface area contributed by atoms with Gasteiger partial charge in [-0.25, -0.2) is 9.18 Å². The lowest BCUT2D eigenvalue weighted by atomic mass is 10.1. The lowest BCUT2D eigenvalue weighted by Gasteiger charge is -2.33. The van der Waals surface area contributed by atoms with E-state index in [9.17, 15) is 14.0 Å². The van der Waals surface area contributed by atoms with Gasteiger partial charge in [0, 0.05) is 49.8 Å². The van der Waals surface area contributed by atoms with E-state index >= 15 is 0 Å². The van der Waals surface area contributed by atoms with E-state index in [2.05, 4.69) is 5.32 Å². The molecule has 0 saturated carbocycles. The summed E-state index contributed by atoms with van der Waals surface area (Å²) in [6, 6.07) is 8.80. The molecule has 11 heteroatoms. The summed E-state index contributed by atoms with van der Waals surface area (Å²) in [5, 5.41) is 3.00. The molecule has 1 fully saturated rings. The maximum atomic E-state index is 14.8. The van der Waals surface area contributed by atoms with Crippen molar-refractivity contribution in [3.63, 3.8) is 0 Å². The first-order valence-electron chi connectivity index (χ1n) is 12.3. The molecule has 1 saturated heterocycles. The Balaban J connectivity index is 1.56. The van der Waals surface area contributed by atoms with Crippen LogP contribution in [-0.2, 0) is 14.2 Å². The molecule has 2 aromatic rings. The molecule has 1 aliphatic heterocycles. The van der Waals surface area contributed by atoms with Crippen molar-refractivity contribution in [3.05, 3.63) is 52.8 Å². The minimum atomic E-state index is -0.619. The van der Waals surface area contributed by atoms with Gasteiger partial charge in [-0.3, -0.25) is 4.79 Å². The molecule has 0 bridgehead atoms. The van der Waals surface area contributed by atoms with Gasteiger partial charge in [-0.1, -0.05) is 11.6 Å². The first-order chi connectivity index (χ1) is 18.1. The number of hydrogen-bond acceptors (Lipinski definition) is 7. The third-order valence-corrected chi connectivity index (χ3v) is 5.73. The number of benzene rings is 2. The number of carbonyl (C=O) groups is 2. The maximum absolute atomic E-state index is 14.8. The first-order valence-corrected chi connectivity index (χ1v) is 12.7. The van der Waals surface area contributed by atoms with Crippen molar-refractivity contribution in [1.82, 2.24) is 4.90 Å². The lowest BCUT2D eigenvalue weighted by Crippen LogP contribution is -2.44. The second-order valence-corrected chi connectivity index (χ2v) is 10.1. The Morgan fingerprint density at radius 1 is 1.08 bits per heavy atom. The molecule has 2 amide bonds. The van der Waals surface area contributed by atoms with Crippen LogP contribution in [0.3, 0.4) is 0 Å². The van der Waals surface area contributed by atoms with Crippen molar-refractivity contribution < 1.29 is 37.7 Å². The van der Waals surface area contributed by atoms with Crippen LogP contribution in [0.5, 0.6) is 11.5 Å². The van der Waals surface area contributed by atoms with Gasteiger partial charge in [0.1, 0.15) is 17.5 Å². The highest BCUT2D eigenvalue weighted by molar-refractivity contribution is 6.31. The largest absolute Gasteiger partial charge is 0.487 e. The van der Waals surface area contributed by atoms with Gasteiger partial charge in [-0.05, 0) is 51.1 Å². The van der Waals surface area contributed by atoms with Crippen LogP contribution in [0.25, 0.3) is 0 Å². The predicted octanol–water partition coefficient (Wildman–Crippen LogP) is 5.51. The van der Waals surface area contributed by atoms with Gasteiger partial charge in [0.2, 0.25) is 0 Å². The van der Waals surface area contributed by atoms with E-state index in [-0.39, 0.29) is 41.7 Å². The number of hydrogen-bond donors (Lipinski definition) is 1. The van der Waals surface area contributed by atoms with Gasteiger partial charge in [-0.15, -0.1) is 0 Å². The van der Waals surface area contributed by atoms with Crippen LogP contribution in [0.1, 0.15) is 44.0 Å². The molecule has 9 nitrogen and oxygen atoms in total. The number of amides is 2. The van der Waals surface area contributed by atoms with E-state index in [0.29, 0.717) is 44.2 Å². The fourth-order valence-corrected chi connectivity index (χ4v) is 3.82. The summed E-state index contributed by atoms with van der Waals surface area (Å²) in [7, 11) is 1.56. The zero-order valence-electron chi connectivity index (χ0n) is 22.1. The predicted molar refractivity (Wildman–Crippen MR) is 141 cm³/mol. The van der Waals surface area contributed by atoms with Crippen LogP contribution < -0.4 is 14.8 Å². The van der Waals surface area contributed by atoms with Crippen molar-refractivity contribution in [1.29, 1.82) is 0 Å².